The third-order valence-corrected chi connectivity index (χ3v) is 9.14. The molecule has 2 aromatic heterocycles. The topological polar surface area (TPSA) is 42.2 Å². The Labute approximate surface area is 279 Å². The number of fused-ring (bicyclic) bond motifs is 4. The summed E-state index contributed by atoms with van der Waals surface area (Å²) in [7, 11) is 0. The summed E-state index contributed by atoms with van der Waals surface area (Å²) in [5.41, 5.74) is 11.4. The van der Waals surface area contributed by atoms with Gasteiger partial charge in [-0.3, -0.25) is 0 Å². The highest BCUT2D eigenvalue weighted by Gasteiger charge is 2.22. The van der Waals surface area contributed by atoms with E-state index >= 15 is 0 Å². The fraction of sp³-hybridized carbons (Fsp3) is 0.0455. The molecule has 0 amide bonds. The van der Waals surface area contributed by atoms with Gasteiger partial charge in [0.15, 0.2) is 5.82 Å². The number of anilines is 2. The van der Waals surface area contributed by atoms with E-state index in [1.165, 1.54) is 16.8 Å². The smallest absolute Gasteiger partial charge is 0.160 e. The van der Waals surface area contributed by atoms with Gasteiger partial charge in [-0.25, -0.2) is 9.97 Å². The summed E-state index contributed by atoms with van der Waals surface area (Å²) in [5.74, 6) is 0.675. The van der Waals surface area contributed by atoms with E-state index in [1.54, 1.807) is 0 Å². The van der Waals surface area contributed by atoms with Crippen molar-refractivity contribution >= 4 is 44.2 Å². The van der Waals surface area contributed by atoms with Crippen molar-refractivity contribution in [3.63, 3.8) is 0 Å². The van der Waals surface area contributed by atoms with Crippen LogP contribution in [0, 0.1) is 0 Å². The fourth-order valence-electron chi connectivity index (χ4n) is 6.82. The van der Waals surface area contributed by atoms with Gasteiger partial charge in [-0.05, 0) is 72.5 Å². The van der Waals surface area contributed by atoms with E-state index in [2.05, 4.69) is 138 Å². The molecule has 1 aliphatic rings. The Kier molecular flexibility index (Phi) is 6.90. The van der Waals surface area contributed by atoms with E-state index in [9.17, 15) is 0 Å². The van der Waals surface area contributed by atoms with Crippen LogP contribution in [-0.4, -0.2) is 9.97 Å². The summed E-state index contributed by atoms with van der Waals surface area (Å²) in [6.45, 7) is 0. The molecule has 0 N–H and O–H groups in total. The molecule has 0 unspecified atom stereocenters. The van der Waals surface area contributed by atoms with Crippen molar-refractivity contribution in [2.75, 3.05) is 4.90 Å². The molecule has 4 heteroatoms. The van der Waals surface area contributed by atoms with Crippen molar-refractivity contribution in [3.05, 3.63) is 170 Å². The van der Waals surface area contributed by atoms with Gasteiger partial charge in [-0.15, -0.1) is 0 Å². The normalized spacial score (nSPS) is 12.9. The fourth-order valence-corrected chi connectivity index (χ4v) is 6.82. The van der Waals surface area contributed by atoms with Crippen molar-refractivity contribution in [2.24, 2.45) is 0 Å². The Morgan fingerprint density at radius 1 is 0.562 bits per heavy atom. The number of aromatic nitrogens is 2. The molecular formula is C44H31N3O. The van der Waals surface area contributed by atoms with Gasteiger partial charge in [0.05, 0.1) is 22.3 Å². The van der Waals surface area contributed by atoms with Crippen molar-refractivity contribution in [3.8, 4) is 33.8 Å². The molecule has 48 heavy (non-hydrogen) atoms. The Balaban J connectivity index is 1.18. The van der Waals surface area contributed by atoms with Crippen LogP contribution in [0.25, 0.3) is 66.6 Å². The van der Waals surface area contributed by atoms with Crippen LogP contribution in [0.2, 0.25) is 0 Å². The van der Waals surface area contributed by atoms with Crippen LogP contribution < -0.4 is 4.90 Å². The third kappa shape index (κ3) is 4.95. The molecule has 0 fully saturated rings. The lowest BCUT2D eigenvalue weighted by molar-refractivity contribution is 0.669. The summed E-state index contributed by atoms with van der Waals surface area (Å²) >= 11 is 0. The SMILES string of the molecule is C1=CCCC(N(c2ccc(-c3ccccc3)cc2)c2cccc3oc4cc(-c5nc(-c6ccccc6)c6ccccc6n5)ccc4c23)=C1. The molecule has 0 aliphatic heterocycles. The number of benzene rings is 6. The van der Waals surface area contributed by atoms with Crippen molar-refractivity contribution in [1.82, 2.24) is 9.97 Å². The summed E-state index contributed by atoms with van der Waals surface area (Å²) in [6, 6.07) is 50.6. The van der Waals surface area contributed by atoms with Crippen LogP contribution >= 0.6 is 0 Å². The van der Waals surface area contributed by atoms with Gasteiger partial charge >= 0.3 is 0 Å². The second-order valence-electron chi connectivity index (χ2n) is 12.1. The summed E-state index contributed by atoms with van der Waals surface area (Å²) in [5, 5.41) is 3.18. The van der Waals surface area contributed by atoms with Crippen LogP contribution in [0.3, 0.4) is 0 Å². The molecule has 4 nitrogen and oxygen atoms in total. The van der Waals surface area contributed by atoms with Gasteiger partial charge in [0, 0.05) is 33.3 Å². The van der Waals surface area contributed by atoms with Gasteiger partial charge in [0.1, 0.15) is 11.2 Å². The van der Waals surface area contributed by atoms with Crippen molar-refractivity contribution in [1.29, 1.82) is 0 Å². The highest BCUT2D eigenvalue weighted by atomic mass is 16.3. The number of furan rings is 1. The van der Waals surface area contributed by atoms with Crippen LogP contribution in [0.15, 0.2) is 174 Å². The number of para-hydroxylation sites is 1. The zero-order valence-electron chi connectivity index (χ0n) is 26.3. The number of rotatable bonds is 6. The van der Waals surface area contributed by atoms with Gasteiger partial charge in [-0.1, -0.05) is 115 Å². The van der Waals surface area contributed by atoms with E-state index in [1.807, 2.05) is 30.3 Å². The van der Waals surface area contributed by atoms with Gasteiger partial charge in [-0.2, -0.15) is 0 Å². The minimum atomic E-state index is 0.675. The van der Waals surface area contributed by atoms with E-state index in [-0.39, 0.29) is 0 Å². The summed E-state index contributed by atoms with van der Waals surface area (Å²) in [4.78, 5) is 12.5. The molecule has 0 bridgehead atoms. The monoisotopic (exact) mass is 617 g/mol. The number of nitrogens with zero attached hydrogens (tertiary/aromatic N) is 3. The Morgan fingerprint density at radius 2 is 1.29 bits per heavy atom. The Hall–Kier alpha value is -6.26. The van der Waals surface area contributed by atoms with Crippen LogP contribution in [0.5, 0.6) is 0 Å². The molecule has 2 heterocycles. The van der Waals surface area contributed by atoms with Crippen LogP contribution in [0.4, 0.5) is 11.4 Å². The number of hydrogen-bond acceptors (Lipinski definition) is 4. The van der Waals surface area contributed by atoms with Gasteiger partial charge in [0.2, 0.25) is 0 Å². The second-order valence-corrected chi connectivity index (χ2v) is 12.1. The molecule has 0 spiro atoms. The van der Waals surface area contributed by atoms with E-state index in [4.69, 9.17) is 14.4 Å². The Bertz CT molecular complexity index is 2490. The minimum Gasteiger partial charge on any atom is -0.456 e. The molecule has 1 aliphatic carbocycles. The highest BCUT2D eigenvalue weighted by molar-refractivity contribution is 6.13. The summed E-state index contributed by atoms with van der Waals surface area (Å²) in [6.07, 6.45) is 8.59. The van der Waals surface area contributed by atoms with Gasteiger partial charge < -0.3 is 9.32 Å². The molecule has 0 saturated carbocycles. The maximum absolute atomic E-state index is 6.59. The number of allylic oxidation sites excluding steroid dienone is 4. The maximum Gasteiger partial charge on any atom is 0.160 e. The molecule has 8 aromatic rings. The van der Waals surface area contributed by atoms with Gasteiger partial charge in [0.25, 0.3) is 0 Å². The first-order chi connectivity index (χ1) is 23.8. The maximum atomic E-state index is 6.59. The highest BCUT2D eigenvalue weighted by Crippen LogP contribution is 2.43. The number of hydrogen-bond donors (Lipinski definition) is 0. The molecular weight excluding hydrogens is 587 g/mol. The van der Waals surface area contributed by atoms with Crippen molar-refractivity contribution < 1.29 is 4.42 Å². The predicted octanol–water partition coefficient (Wildman–Crippen LogP) is 11.9. The standard InChI is InChI=1S/C44H31N3O/c1-4-13-30(14-5-1)31-23-26-35(27-24-31)47(34-17-8-3-9-18-34)39-21-12-22-40-42(39)37-28-25-33(29-41(37)48-40)44-45-38-20-11-10-19-36(38)43(46-44)32-15-6-2-7-16-32/h1-8,10-17,19-29H,9,18H2. The molecule has 0 radical (unpaired) electrons. The lowest BCUT2D eigenvalue weighted by Gasteiger charge is -2.29. The van der Waals surface area contributed by atoms with Crippen molar-refractivity contribution in [2.45, 2.75) is 12.8 Å². The Morgan fingerprint density at radius 3 is 2.08 bits per heavy atom. The zero-order chi connectivity index (χ0) is 31.9. The predicted molar refractivity (Wildman–Crippen MR) is 198 cm³/mol. The molecule has 6 aromatic carbocycles. The average Bonchev–Trinajstić information content (AvgIpc) is 3.55. The quantitative estimate of drug-likeness (QED) is 0.186. The zero-order valence-corrected chi connectivity index (χ0v) is 26.3. The molecule has 228 valence electrons. The largest absolute Gasteiger partial charge is 0.456 e. The first-order valence-corrected chi connectivity index (χ1v) is 16.4. The third-order valence-electron chi connectivity index (χ3n) is 9.14. The average molecular weight is 618 g/mol. The minimum absolute atomic E-state index is 0.675. The lowest BCUT2D eigenvalue weighted by atomic mass is 10.0. The van der Waals surface area contributed by atoms with E-state index in [0.717, 1.165) is 73.9 Å². The van der Waals surface area contributed by atoms with Crippen LogP contribution in [-0.2, 0) is 0 Å². The first-order valence-electron chi connectivity index (χ1n) is 16.4. The van der Waals surface area contributed by atoms with Crippen LogP contribution in [0.1, 0.15) is 12.8 Å². The molecule has 0 atom stereocenters. The second kappa shape index (κ2) is 11.8. The summed E-state index contributed by atoms with van der Waals surface area (Å²) < 4.78 is 6.59. The molecule has 0 saturated heterocycles. The van der Waals surface area contributed by atoms with E-state index < -0.39 is 0 Å². The molecule has 9 rings (SSSR count). The van der Waals surface area contributed by atoms with E-state index in [0.29, 0.717) is 5.82 Å². The lowest BCUT2D eigenvalue weighted by Crippen LogP contribution is -2.17. The first kappa shape index (κ1) is 28.0.